The first-order valence-corrected chi connectivity index (χ1v) is 5.43. The van der Waals surface area contributed by atoms with Crippen LogP contribution in [0, 0.1) is 0 Å². The monoisotopic (exact) mass is 274 g/mol. The fraction of sp³-hybridized carbons (Fsp3) is 0.900. The number of carbonyl (C=O) groups is 1. The standard InChI is InChI=1S/C10H15F5N2O/c1-17(2)8(4-3-5-8)6-16-7(18)9(11,12)10(13,14)15/h3-6H2,1-2H3,(H,16,18). The molecule has 0 aromatic carbocycles. The minimum Gasteiger partial charge on any atom is -0.349 e. The minimum absolute atomic E-state index is 0.204. The zero-order chi connectivity index (χ0) is 14.2. The Morgan fingerprint density at radius 3 is 2.00 bits per heavy atom. The number of rotatable bonds is 4. The molecule has 8 heteroatoms. The van der Waals surface area contributed by atoms with Crippen LogP contribution < -0.4 is 5.32 Å². The van der Waals surface area contributed by atoms with Crippen LogP contribution in [0.15, 0.2) is 0 Å². The number of alkyl halides is 5. The molecule has 0 spiro atoms. The van der Waals surface area contributed by atoms with Crippen LogP contribution in [0.5, 0.6) is 0 Å². The van der Waals surface area contributed by atoms with Gasteiger partial charge in [-0.25, -0.2) is 0 Å². The van der Waals surface area contributed by atoms with Crippen molar-refractivity contribution >= 4 is 5.91 Å². The summed E-state index contributed by atoms with van der Waals surface area (Å²) in [6.45, 7) is -0.204. The Labute approximate surface area is 101 Å². The van der Waals surface area contributed by atoms with Crippen molar-refractivity contribution in [1.82, 2.24) is 10.2 Å². The van der Waals surface area contributed by atoms with Crippen molar-refractivity contribution in [2.45, 2.75) is 36.9 Å². The Balaban J connectivity index is 2.61. The molecular weight excluding hydrogens is 259 g/mol. The molecule has 0 bridgehead atoms. The van der Waals surface area contributed by atoms with E-state index in [1.807, 2.05) is 0 Å². The SMILES string of the molecule is CN(C)C1(CNC(=O)C(F)(F)C(F)(F)F)CCC1. The van der Waals surface area contributed by atoms with Gasteiger partial charge in [-0.1, -0.05) is 0 Å². The first-order valence-electron chi connectivity index (χ1n) is 5.43. The molecule has 1 N–H and O–H groups in total. The van der Waals surface area contributed by atoms with Crippen LogP contribution in [0.25, 0.3) is 0 Å². The summed E-state index contributed by atoms with van der Waals surface area (Å²) >= 11 is 0. The Hall–Kier alpha value is -0.920. The molecule has 1 aliphatic rings. The molecular formula is C10H15F5N2O. The van der Waals surface area contributed by atoms with Gasteiger partial charge in [-0.05, 0) is 33.4 Å². The molecule has 106 valence electrons. The molecule has 1 fully saturated rings. The van der Waals surface area contributed by atoms with E-state index in [0.717, 1.165) is 6.42 Å². The summed E-state index contributed by atoms with van der Waals surface area (Å²) in [7, 11) is 3.40. The molecule has 0 atom stereocenters. The van der Waals surface area contributed by atoms with Gasteiger partial charge in [0.25, 0.3) is 5.91 Å². The highest BCUT2D eigenvalue weighted by atomic mass is 19.4. The number of nitrogens with one attached hydrogen (secondary N) is 1. The van der Waals surface area contributed by atoms with Crippen molar-refractivity contribution in [3.63, 3.8) is 0 Å². The lowest BCUT2D eigenvalue weighted by Gasteiger charge is -2.47. The number of nitrogens with zero attached hydrogens (tertiary/aromatic N) is 1. The van der Waals surface area contributed by atoms with Gasteiger partial charge in [0.05, 0.1) is 0 Å². The second-order valence-electron chi connectivity index (χ2n) is 4.73. The maximum Gasteiger partial charge on any atom is 0.463 e. The summed E-state index contributed by atoms with van der Waals surface area (Å²) in [5.41, 5.74) is -0.503. The Morgan fingerprint density at radius 1 is 1.22 bits per heavy atom. The van der Waals surface area contributed by atoms with Crippen molar-refractivity contribution in [2.75, 3.05) is 20.6 Å². The van der Waals surface area contributed by atoms with Crippen LogP contribution >= 0.6 is 0 Å². The maximum atomic E-state index is 12.7. The van der Waals surface area contributed by atoms with E-state index in [1.165, 1.54) is 0 Å². The van der Waals surface area contributed by atoms with Crippen LogP contribution in [0.3, 0.4) is 0 Å². The van der Waals surface area contributed by atoms with E-state index in [1.54, 1.807) is 24.3 Å². The average Bonchev–Trinajstić information content (AvgIpc) is 2.12. The summed E-state index contributed by atoms with van der Waals surface area (Å²) in [5, 5.41) is 1.70. The van der Waals surface area contributed by atoms with E-state index in [4.69, 9.17) is 0 Å². The van der Waals surface area contributed by atoms with Gasteiger partial charge < -0.3 is 10.2 Å². The van der Waals surface area contributed by atoms with Gasteiger partial charge in [-0.3, -0.25) is 4.79 Å². The third-order valence-corrected chi connectivity index (χ3v) is 3.45. The number of halogens is 5. The fourth-order valence-corrected chi connectivity index (χ4v) is 1.85. The van der Waals surface area contributed by atoms with E-state index in [9.17, 15) is 26.7 Å². The lowest BCUT2D eigenvalue weighted by molar-refractivity contribution is -0.270. The van der Waals surface area contributed by atoms with E-state index >= 15 is 0 Å². The largest absolute Gasteiger partial charge is 0.463 e. The first kappa shape index (κ1) is 15.1. The van der Waals surface area contributed by atoms with E-state index in [0.29, 0.717) is 12.8 Å². The summed E-state index contributed by atoms with van der Waals surface area (Å²) in [5.74, 6) is -7.63. The fourth-order valence-electron chi connectivity index (χ4n) is 1.85. The molecule has 0 saturated heterocycles. The average molecular weight is 274 g/mol. The summed E-state index contributed by atoms with van der Waals surface area (Å²) in [4.78, 5) is 12.7. The van der Waals surface area contributed by atoms with Crippen molar-refractivity contribution in [3.8, 4) is 0 Å². The third kappa shape index (κ3) is 2.57. The Kier molecular flexibility index (Phi) is 3.90. The van der Waals surface area contributed by atoms with Crippen LogP contribution in [-0.2, 0) is 4.79 Å². The number of hydrogen-bond acceptors (Lipinski definition) is 2. The van der Waals surface area contributed by atoms with Crippen LogP contribution in [0.4, 0.5) is 22.0 Å². The molecule has 1 saturated carbocycles. The highest BCUT2D eigenvalue weighted by molar-refractivity contribution is 5.84. The van der Waals surface area contributed by atoms with Gasteiger partial charge in [0.1, 0.15) is 0 Å². The predicted molar refractivity (Wildman–Crippen MR) is 54.3 cm³/mol. The minimum atomic E-state index is -5.86. The van der Waals surface area contributed by atoms with Crippen LogP contribution in [0.1, 0.15) is 19.3 Å². The molecule has 0 aliphatic heterocycles. The smallest absolute Gasteiger partial charge is 0.349 e. The zero-order valence-electron chi connectivity index (χ0n) is 10.1. The summed E-state index contributed by atoms with van der Waals surface area (Å²) in [6, 6.07) is 0. The van der Waals surface area contributed by atoms with E-state index in [2.05, 4.69) is 0 Å². The number of amides is 1. The van der Waals surface area contributed by atoms with Gasteiger partial charge in [0, 0.05) is 12.1 Å². The first-order chi connectivity index (χ1) is 8.03. The van der Waals surface area contributed by atoms with Crippen molar-refractivity contribution < 1.29 is 26.7 Å². The second-order valence-corrected chi connectivity index (χ2v) is 4.73. The molecule has 0 aromatic heterocycles. The lowest BCUT2D eigenvalue weighted by Crippen LogP contribution is -2.60. The number of hydrogen-bond donors (Lipinski definition) is 1. The van der Waals surface area contributed by atoms with Crippen molar-refractivity contribution in [3.05, 3.63) is 0 Å². The topological polar surface area (TPSA) is 32.3 Å². The quantitative estimate of drug-likeness (QED) is 0.793. The summed E-state index contributed by atoms with van der Waals surface area (Å²) in [6.07, 6.45) is -3.67. The van der Waals surface area contributed by atoms with Gasteiger partial charge in [-0.2, -0.15) is 22.0 Å². The van der Waals surface area contributed by atoms with E-state index in [-0.39, 0.29) is 6.54 Å². The molecule has 3 nitrogen and oxygen atoms in total. The molecule has 1 rings (SSSR count). The number of carbonyl (C=O) groups excluding carboxylic acids is 1. The molecule has 0 aromatic rings. The predicted octanol–water partition coefficient (Wildman–Crippen LogP) is 1.78. The van der Waals surface area contributed by atoms with Crippen LogP contribution in [0.2, 0.25) is 0 Å². The maximum absolute atomic E-state index is 12.7. The molecule has 18 heavy (non-hydrogen) atoms. The lowest BCUT2D eigenvalue weighted by atomic mass is 9.75. The number of likely N-dealkylation sites (N-methyl/N-ethyl adjacent to an activating group) is 1. The Morgan fingerprint density at radius 2 is 1.72 bits per heavy atom. The van der Waals surface area contributed by atoms with Gasteiger partial charge in [0.2, 0.25) is 0 Å². The molecule has 1 aliphatic carbocycles. The second kappa shape index (κ2) is 4.64. The van der Waals surface area contributed by atoms with Crippen LogP contribution in [-0.4, -0.2) is 49.1 Å². The van der Waals surface area contributed by atoms with Gasteiger partial charge >= 0.3 is 12.1 Å². The molecule has 0 unspecified atom stereocenters. The Bertz CT molecular complexity index is 323. The highest BCUT2D eigenvalue weighted by Gasteiger charge is 2.63. The van der Waals surface area contributed by atoms with Gasteiger partial charge in [0.15, 0.2) is 0 Å². The molecule has 0 heterocycles. The highest BCUT2D eigenvalue weighted by Crippen LogP contribution is 2.37. The third-order valence-electron chi connectivity index (χ3n) is 3.45. The zero-order valence-corrected chi connectivity index (χ0v) is 10.1. The van der Waals surface area contributed by atoms with Gasteiger partial charge in [-0.15, -0.1) is 0 Å². The van der Waals surface area contributed by atoms with E-state index < -0.39 is 23.5 Å². The molecule has 1 amide bonds. The summed E-state index contributed by atoms with van der Waals surface area (Å²) < 4.78 is 61.2. The normalized spacial score (nSPS) is 19.6. The van der Waals surface area contributed by atoms with Crippen molar-refractivity contribution in [1.29, 1.82) is 0 Å². The molecule has 0 radical (unpaired) electrons. The van der Waals surface area contributed by atoms with Crippen molar-refractivity contribution in [2.24, 2.45) is 0 Å².